The Hall–Kier alpha value is -2.37. The first kappa shape index (κ1) is 22.4. The zero-order chi connectivity index (χ0) is 23.2. The summed E-state index contributed by atoms with van der Waals surface area (Å²) in [4.78, 5) is 43.2. The van der Waals surface area contributed by atoms with Crippen molar-refractivity contribution in [3.63, 3.8) is 0 Å². The minimum Gasteiger partial charge on any atom is -0.339 e. The molecule has 3 amide bonds. The second-order valence-electron chi connectivity index (χ2n) is 10.9. The molecule has 6 rings (SSSR count). The zero-order valence-electron chi connectivity index (χ0n) is 20.0. The molecule has 0 aromatic heterocycles. The Balaban J connectivity index is 1.25. The molecule has 6 heteroatoms. The largest absolute Gasteiger partial charge is 0.339 e. The van der Waals surface area contributed by atoms with Gasteiger partial charge in [0.25, 0.3) is 5.91 Å². The van der Waals surface area contributed by atoms with Crippen molar-refractivity contribution in [2.45, 2.75) is 71.3 Å². The Morgan fingerprint density at radius 3 is 2.09 bits per heavy atom. The summed E-state index contributed by atoms with van der Waals surface area (Å²) in [6.07, 6.45) is 8.63. The zero-order valence-corrected chi connectivity index (χ0v) is 20.0. The minimum absolute atomic E-state index is 0.000939. The van der Waals surface area contributed by atoms with Crippen molar-refractivity contribution in [1.82, 2.24) is 9.80 Å². The molecule has 1 aliphatic heterocycles. The van der Waals surface area contributed by atoms with Gasteiger partial charge in [-0.15, -0.1) is 0 Å². The van der Waals surface area contributed by atoms with Crippen molar-refractivity contribution in [2.24, 2.45) is 23.2 Å². The molecule has 1 N–H and O–H groups in total. The highest BCUT2D eigenvalue weighted by Gasteiger charge is 2.56. The van der Waals surface area contributed by atoms with Gasteiger partial charge in [0.05, 0.1) is 5.41 Å². The van der Waals surface area contributed by atoms with Crippen LogP contribution in [0.3, 0.4) is 0 Å². The van der Waals surface area contributed by atoms with Gasteiger partial charge >= 0.3 is 0 Å². The van der Waals surface area contributed by atoms with Crippen LogP contribution in [0, 0.1) is 23.2 Å². The summed E-state index contributed by atoms with van der Waals surface area (Å²) >= 11 is 0. The number of likely N-dealkylation sites (tertiary alicyclic amines) is 1. The van der Waals surface area contributed by atoms with Crippen LogP contribution in [0.4, 0.5) is 5.69 Å². The van der Waals surface area contributed by atoms with Crippen molar-refractivity contribution < 1.29 is 14.4 Å². The van der Waals surface area contributed by atoms with Crippen molar-refractivity contribution in [3.8, 4) is 0 Å². The molecule has 6 nitrogen and oxygen atoms in total. The van der Waals surface area contributed by atoms with Crippen LogP contribution in [0.1, 0.15) is 75.6 Å². The van der Waals surface area contributed by atoms with Crippen LogP contribution in [-0.2, 0) is 9.59 Å². The van der Waals surface area contributed by atoms with Crippen LogP contribution in [-0.4, -0.2) is 53.2 Å². The van der Waals surface area contributed by atoms with E-state index in [-0.39, 0.29) is 29.2 Å². The Kier molecular flexibility index (Phi) is 5.96. The van der Waals surface area contributed by atoms with E-state index >= 15 is 0 Å². The van der Waals surface area contributed by atoms with Crippen molar-refractivity contribution >= 4 is 23.4 Å². The van der Waals surface area contributed by atoms with Gasteiger partial charge in [0.1, 0.15) is 6.04 Å². The fourth-order valence-corrected chi connectivity index (χ4v) is 7.57. The van der Waals surface area contributed by atoms with Crippen molar-refractivity contribution in [3.05, 3.63) is 29.8 Å². The number of carbonyl (C=O) groups is 3. The quantitative estimate of drug-likeness (QED) is 0.701. The molecule has 4 bridgehead atoms. The lowest BCUT2D eigenvalue weighted by Gasteiger charge is -2.56. The van der Waals surface area contributed by atoms with Gasteiger partial charge in [-0.2, -0.15) is 0 Å². The Morgan fingerprint density at radius 2 is 1.55 bits per heavy atom. The molecule has 178 valence electrons. The fraction of sp³-hybridized carbons (Fsp3) is 0.667. The first-order valence-electron chi connectivity index (χ1n) is 12.9. The van der Waals surface area contributed by atoms with Gasteiger partial charge in [-0.3, -0.25) is 14.4 Å². The molecule has 1 aromatic carbocycles. The molecule has 0 unspecified atom stereocenters. The van der Waals surface area contributed by atoms with Gasteiger partial charge in [-0.05, 0) is 107 Å². The van der Waals surface area contributed by atoms with Crippen LogP contribution in [0.5, 0.6) is 0 Å². The van der Waals surface area contributed by atoms with E-state index in [1.807, 2.05) is 18.7 Å². The lowest BCUT2D eigenvalue weighted by molar-refractivity contribution is -0.160. The third-order valence-electron chi connectivity index (χ3n) is 8.76. The predicted octanol–water partition coefficient (Wildman–Crippen LogP) is 4.31. The number of hydrogen-bond donors (Lipinski definition) is 1. The Bertz CT molecular complexity index is 886. The standard InChI is InChI=1S/C27H37N3O3/c1-3-29(4-2)25(32)21-7-9-22(10-8-21)28-24(31)23-6-5-11-30(23)26(33)27-15-18-12-19(16-27)14-20(13-18)17-27/h7-10,18-20,23H,3-6,11-17H2,1-2H3,(H,28,31)/t18?,19?,20?,23-,27?/m0/s1. The maximum Gasteiger partial charge on any atom is 0.253 e. The smallest absolute Gasteiger partial charge is 0.253 e. The Labute approximate surface area is 197 Å². The third-order valence-corrected chi connectivity index (χ3v) is 8.76. The first-order chi connectivity index (χ1) is 15.9. The normalized spacial score (nSPS) is 32.1. The van der Waals surface area contributed by atoms with E-state index < -0.39 is 0 Å². The maximum atomic E-state index is 13.8. The van der Waals surface area contributed by atoms with E-state index in [0.717, 1.165) is 32.1 Å². The monoisotopic (exact) mass is 451 g/mol. The van der Waals surface area contributed by atoms with Crippen LogP contribution in [0.15, 0.2) is 24.3 Å². The number of nitrogens with zero attached hydrogens (tertiary/aromatic N) is 2. The summed E-state index contributed by atoms with van der Waals surface area (Å²) in [5.74, 6) is 2.29. The van der Waals surface area contributed by atoms with Gasteiger partial charge in [0, 0.05) is 30.9 Å². The van der Waals surface area contributed by atoms with Crippen LogP contribution < -0.4 is 5.32 Å². The predicted molar refractivity (Wildman–Crippen MR) is 128 cm³/mol. The lowest BCUT2D eigenvalue weighted by atomic mass is 9.49. The van der Waals surface area contributed by atoms with E-state index in [2.05, 4.69) is 5.32 Å². The van der Waals surface area contributed by atoms with E-state index in [0.29, 0.717) is 48.6 Å². The highest BCUT2D eigenvalue weighted by Crippen LogP contribution is 2.60. The molecular weight excluding hydrogens is 414 g/mol. The average molecular weight is 452 g/mol. The number of amides is 3. The molecule has 0 spiro atoms. The topological polar surface area (TPSA) is 69.7 Å². The van der Waals surface area contributed by atoms with E-state index in [9.17, 15) is 14.4 Å². The second-order valence-corrected chi connectivity index (χ2v) is 10.9. The summed E-state index contributed by atoms with van der Waals surface area (Å²) in [7, 11) is 0. The van der Waals surface area contributed by atoms with E-state index in [1.165, 1.54) is 19.3 Å². The highest BCUT2D eigenvalue weighted by molar-refractivity contribution is 5.99. The van der Waals surface area contributed by atoms with E-state index in [1.54, 1.807) is 29.2 Å². The fourth-order valence-electron chi connectivity index (χ4n) is 7.57. The van der Waals surface area contributed by atoms with Crippen LogP contribution in [0.2, 0.25) is 0 Å². The first-order valence-corrected chi connectivity index (χ1v) is 12.9. The number of hydrogen-bond acceptors (Lipinski definition) is 3. The van der Waals surface area contributed by atoms with E-state index in [4.69, 9.17) is 0 Å². The summed E-state index contributed by atoms with van der Waals surface area (Å²) in [6.45, 7) is 5.96. The minimum atomic E-state index is -0.387. The summed E-state index contributed by atoms with van der Waals surface area (Å²) in [6, 6.07) is 6.72. The molecule has 5 fully saturated rings. The molecule has 4 saturated carbocycles. The molecule has 0 radical (unpaired) electrons. The summed E-state index contributed by atoms with van der Waals surface area (Å²) in [5.41, 5.74) is 1.09. The SMILES string of the molecule is CCN(CC)C(=O)c1ccc(NC(=O)[C@@H]2CCCN2C(=O)C23CC4CC(CC(C4)C2)C3)cc1. The number of nitrogens with one attached hydrogen (secondary N) is 1. The van der Waals surface area contributed by atoms with Crippen LogP contribution >= 0.6 is 0 Å². The molecule has 5 aliphatic rings. The molecule has 4 aliphatic carbocycles. The van der Waals surface area contributed by atoms with Crippen molar-refractivity contribution in [2.75, 3.05) is 25.0 Å². The highest BCUT2D eigenvalue weighted by atomic mass is 16.2. The molecule has 1 aromatic rings. The molecular formula is C27H37N3O3. The number of anilines is 1. The average Bonchev–Trinajstić information content (AvgIpc) is 3.29. The maximum absolute atomic E-state index is 13.8. The van der Waals surface area contributed by atoms with Gasteiger partial charge in [-0.25, -0.2) is 0 Å². The molecule has 1 heterocycles. The molecule has 33 heavy (non-hydrogen) atoms. The van der Waals surface area contributed by atoms with Crippen LogP contribution in [0.25, 0.3) is 0 Å². The lowest BCUT2D eigenvalue weighted by Crippen LogP contribution is -2.56. The van der Waals surface area contributed by atoms with Gasteiger partial charge < -0.3 is 15.1 Å². The second kappa shape index (κ2) is 8.77. The number of carbonyl (C=O) groups excluding carboxylic acids is 3. The Morgan fingerprint density at radius 1 is 0.970 bits per heavy atom. The van der Waals surface area contributed by atoms with Gasteiger partial charge in [-0.1, -0.05) is 0 Å². The van der Waals surface area contributed by atoms with Crippen molar-refractivity contribution in [1.29, 1.82) is 0 Å². The summed E-state index contributed by atoms with van der Waals surface area (Å²) in [5, 5.41) is 3.01. The third kappa shape index (κ3) is 4.06. The van der Waals surface area contributed by atoms with Gasteiger partial charge in [0.2, 0.25) is 11.8 Å². The summed E-state index contributed by atoms with van der Waals surface area (Å²) < 4.78 is 0. The van der Waals surface area contributed by atoms with Gasteiger partial charge in [0.15, 0.2) is 0 Å². The molecule has 1 saturated heterocycles. The molecule has 1 atom stereocenters. The number of benzene rings is 1. The number of rotatable bonds is 6.